The van der Waals surface area contributed by atoms with Crippen molar-refractivity contribution in [1.82, 2.24) is 10.0 Å². The molecule has 0 saturated heterocycles. The van der Waals surface area contributed by atoms with Gasteiger partial charge in [-0.25, -0.2) is 4.99 Å². The van der Waals surface area contributed by atoms with Crippen LogP contribution >= 0.6 is 0 Å². The fraction of sp³-hybridized carbons (Fsp3) is 0.125. The van der Waals surface area contributed by atoms with E-state index in [1.165, 1.54) is 5.56 Å². The van der Waals surface area contributed by atoms with Gasteiger partial charge in [0, 0.05) is 12.6 Å². The lowest BCUT2D eigenvalue weighted by Gasteiger charge is -2.28. The highest BCUT2D eigenvalue weighted by molar-refractivity contribution is 6.09. The summed E-state index contributed by atoms with van der Waals surface area (Å²) in [5, 5.41) is 3.59. The molecule has 20 heavy (non-hydrogen) atoms. The van der Waals surface area contributed by atoms with Crippen molar-refractivity contribution in [2.24, 2.45) is 4.99 Å². The minimum absolute atomic E-state index is 0.0212. The van der Waals surface area contributed by atoms with Crippen molar-refractivity contribution in [3.63, 3.8) is 0 Å². The third kappa shape index (κ3) is 1.42. The summed E-state index contributed by atoms with van der Waals surface area (Å²) in [5.41, 5.74) is 3.68. The zero-order chi connectivity index (χ0) is 13.7. The van der Waals surface area contributed by atoms with Crippen LogP contribution in [0, 0.1) is 0 Å². The van der Waals surface area contributed by atoms with E-state index in [-0.39, 0.29) is 5.91 Å². The summed E-state index contributed by atoms with van der Waals surface area (Å²) in [6, 6.07) is 15.6. The number of benzene rings is 2. The number of hydrazine groups is 1. The summed E-state index contributed by atoms with van der Waals surface area (Å²) >= 11 is 0. The van der Waals surface area contributed by atoms with Gasteiger partial charge < -0.3 is 0 Å². The molecule has 0 radical (unpaired) electrons. The third-order valence-corrected chi connectivity index (χ3v) is 3.84. The Kier molecular flexibility index (Phi) is 2.21. The molecule has 4 nitrogen and oxygen atoms in total. The molecular formula is C16H13N3O. The molecule has 0 atom stereocenters. The number of hydrogen-bond donors (Lipinski definition) is 0. The van der Waals surface area contributed by atoms with Crippen LogP contribution in [0.1, 0.15) is 21.5 Å². The Balaban J connectivity index is 1.97. The normalized spacial score (nSPS) is 16.2. The molecule has 0 aliphatic carbocycles. The van der Waals surface area contributed by atoms with Crippen molar-refractivity contribution in [2.75, 3.05) is 7.05 Å². The van der Waals surface area contributed by atoms with E-state index in [0.29, 0.717) is 12.1 Å². The van der Waals surface area contributed by atoms with Crippen molar-refractivity contribution in [1.29, 1.82) is 0 Å². The van der Waals surface area contributed by atoms with E-state index in [9.17, 15) is 4.79 Å². The summed E-state index contributed by atoms with van der Waals surface area (Å²) in [4.78, 5) is 17.3. The van der Waals surface area contributed by atoms with E-state index < -0.39 is 0 Å². The van der Waals surface area contributed by atoms with Crippen LogP contribution in [-0.2, 0) is 6.54 Å². The average molecular weight is 263 g/mol. The molecule has 4 rings (SSSR count). The first-order valence-corrected chi connectivity index (χ1v) is 6.57. The summed E-state index contributed by atoms with van der Waals surface area (Å²) in [7, 11) is 1.80. The molecule has 98 valence electrons. The maximum absolute atomic E-state index is 12.5. The number of nitrogens with zero attached hydrogens (tertiary/aromatic N) is 3. The maximum atomic E-state index is 12.5. The van der Waals surface area contributed by atoms with Gasteiger partial charge in [0.25, 0.3) is 5.91 Å². The summed E-state index contributed by atoms with van der Waals surface area (Å²) in [6.07, 6.45) is 0. The van der Waals surface area contributed by atoms with Gasteiger partial charge in [-0.3, -0.25) is 14.8 Å². The lowest BCUT2D eigenvalue weighted by atomic mass is 10.1. The topological polar surface area (TPSA) is 35.9 Å². The number of amides is 1. The van der Waals surface area contributed by atoms with Crippen molar-refractivity contribution in [3.05, 3.63) is 65.2 Å². The molecule has 0 spiro atoms. The number of hydrogen-bond acceptors (Lipinski definition) is 3. The second-order valence-corrected chi connectivity index (χ2v) is 5.00. The fourth-order valence-corrected chi connectivity index (χ4v) is 2.77. The number of carbonyl (C=O) groups is 1. The van der Waals surface area contributed by atoms with Crippen LogP contribution in [0.25, 0.3) is 0 Å². The zero-order valence-electron chi connectivity index (χ0n) is 11.1. The summed E-state index contributed by atoms with van der Waals surface area (Å²) in [5.74, 6) is 0.827. The summed E-state index contributed by atoms with van der Waals surface area (Å²) in [6.45, 7) is 0.686. The van der Waals surface area contributed by atoms with Crippen LogP contribution in [0.4, 0.5) is 5.69 Å². The molecule has 0 aromatic heterocycles. The number of carbonyl (C=O) groups excluding carboxylic acids is 1. The Morgan fingerprint density at radius 2 is 1.70 bits per heavy atom. The highest BCUT2D eigenvalue weighted by Gasteiger charge is 2.33. The molecule has 0 saturated carbocycles. The van der Waals surface area contributed by atoms with E-state index in [1.807, 2.05) is 41.4 Å². The standard InChI is InChI=1S/C16H13N3O/c1-18-16(20)13-8-4-5-9-14(13)17-15-12-7-3-2-6-11(12)10-19(15)18/h2-9H,10H2,1H3. The second kappa shape index (κ2) is 3.93. The predicted molar refractivity (Wildman–Crippen MR) is 76.7 cm³/mol. The monoisotopic (exact) mass is 263 g/mol. The highest BCUT2D eigenvalue weighted by atomic mass is 16.2. The van der Waals surface area contributed by atoms with Gasteiger partial charge in [0.05, 0.1) is 17.8 Å². The van der Waals surface area contributed by atoms with E-state index in [2.05, 4.69) is 12.1 Å². The Morgan fingerprint density at radius 3 is 2.55 bits per heavy atom. The second-order valence-electron chi connectivity index (χ2n) is 5.00. The fourth-order valence-electron chi connectivity index (χ4n) is 2.77. The van der Waals surface area contributed by atoms with Crippen LogP contribution in [0.5, 0.6) is 0 Å². The molecule has 0 unspecified atom stereocenters. The van der Waals surface area contributed by atoms with E-state index >= 15 is 0 Å². The Hall–Kier alpha value is -2.62. The summed E-state index contributed by atoms with van der Waals surface area (Å²) < 4.78 is 0. The van der Waals surface area contributed by atoms with E-state index in [1.54, 1.807) is 12.1 Å². The van der Waals surface area contributed by atoms with E-state index in [4.69, 9.17) is 4.99 Å². The smallest absolute Gasteiger partial charge is 0.267 e. The van der Waals surface area contributed by atoms with Crippen LogP contribution in [0.15, 0.2) is 53.5 Å². The van der Waals surface area contributed by atoms with Gasteiger partial charge in [-0.1, -0.05) is 36.4 Å². The van der Waals surface area contributed by atoms with Gasteiger partial charge in [-0.05, 0) is 17.7 Å². The first-order valence-electron chi connectivity index (χ1n) is 6.57. The van der Waals surface area contributed by atoms with Gasteiger partial charge >= 0.3 is 0 Å². The lowest BCUT2D eigenvalue weighted by molar-refractivity contribution is 0.0420. The van der Waals surface area contributed by atoms with Gasteiger partial charge in [-0.15, -0.1) is 0 Å². The molecule has 2 heterocycles. The Labute approximate surface area is 116 Å². The quantitative estimate of drug-likeness (QED) is 0.732. The SMILES string of the molecule is CN1C(=O)c2ccccc2N=C2c3ccccc3CN21. The molecular weight excluding hydrogens is 250 g/mol. The van der Waals surface area contributed by atoms with Crippen LogP contribution < -0.4 is 0 Å². The predicted octanol–water partition coefficient (Wildman–Crippen LogP) is 2.58. The minimum atomic E-state index is -0.0212. The number of aliphatic imine (C=N–C) groups is 1. The number of para-hydroxylation sites is 1. The molecule has 1 amide bonds. The molecule has 2 aromatic carbocycles. The molecule has 4 heteroatoms. The van der Waals surface area contributed by atoms with Gasteiger partial charge in [0.15, 0.2) is 5.84 Å². The minimum Gasteiger partial charge on any atom is -0.267 e. The van der Waals surface area contributed by atoms with Crippen LogP contribution in [0.2, 0.25) is 0 Å². The van der Waals surface area contributed by atoms with Gasteiger partial charge in [0.2, 0.25) is 0 Å². The van der Waals surface area contributed by atoms with Gasteiger partial charge in [0.1, 0.15) is 0 Å². The zero-order valence-corrected chi connectivity index (χ0v) is 11.1. The highest BCUT2D eigenvalue weighted by Crippen LogP contribution is 2.32. The molecule has 2 aromatic rings. The van der Waals surface area contributed by atoms with Crippen LogP contribution in [0.3, 0.4) is 0 Å². The largest absolute Gasteiger partial charge is 0.274 e. The molecule has 0 fully saturated rings. The Bertz CT molecular complexity index is 751. The first kappa shape index (κ1) is 11.2. The molecule has 0 N–H and O–H groups in total. The lowest BCUT2D eigenvalue weighted by Crippen LogP contribution is -2.43. The van der Waals surface area contributed by atoms with E-state index in [0.717, 1.165) is 17.1 Å². The van der Waals surface area contributed by atoms with Crippen LogP contribution in [-0.4, -0.2) is 28.8 Å². The van der Waals surface area contributed by atoms with Crippen molar-refractivity contribution in [2.45, 2.75) is 6.54 Å². The van der Waals surface area contributed by atoms with Gasteiger partial charge in [-0.2, -0.15) is 0 Å². The van der Waals surface area contributed by atoms with Crippen molar-refractivity contribution < 1.29 is 4.79 Å². The molecule has 0 bridgehead atoms. The van der Waals surface area contributed by atoms with Crippen molar-refractivity contribution in [3.8, 4) is 0 Å². The number of rotatable bonds is 0. The maximum Gasteiger partial charge on any atom is 0.274 e. The molecule has 2 aliphatic heterocycles. The number of amidine groups is 1. The third-order valence-electron chi connectivity index (χ3n) is 3.84. The Morgan fingerprint density at radius 1 is 1.00 bits per heavy atom. The first-order chi connectivity index (χ1) is 9.75. The van der Waals surface area contributed by atoms with Crippen molar-refractivity contribution >= 4 is 17.4 Å². The molecule has 2 aliphatic rings. The average Bonchev–Trinajstić information content (AvgIpc) is 2.81. The number of fused-ring (bicyclic) bond motifs is 4.